The van der Waals surface area contributed by atoms with E-state index in [2.05, 4.69) is 5.32 Å². The van der Waals surface area contributed by atoms with E-state index in [9.17, 15) is 18.0 Å². The fourth-order valence-electron chi connectivity index (χ4n) is 2.60. The van der Waals surface area contributed by atoms with E-state index in [1.54, 1.807) is 29.2 Å². The first-order valence-corrected chi connectivity index (χ1v) is 7.05. The van der Waals surface area contributed by atoms with Crippen molar-refractivity contribution in [2.45, 2.75) is 24.6 Å². The summed E-state index contributed by atoms with van der Waals surface area (Å²) >= 11 is 0. The Morgan fingerprint density at radius 1 is 1.27 bits per heavy atom. The Balaban J connectivity index is 1.86. The summed E-state index contributed by atoms with van der Waals surface area (Å²) in [5, 5.41) is 2.72. The van der Waals surface area contributed by atoms with Gasteiger partial charge in [-0.25, -0.2) is 0 Å². The number of hydrogen-bond donors (Lipinski definition) is 1. The topological polar surface area (TPSA) is 41.6 Å². The van der Waals surface area contributed by atoms with Gasteiger partial charge >= 0.3 is 6.18 Å². The Morgan fingerprint density at radius 2 is 1.86 bits per heavy atom. The van der Waals surface area contributed by atoms with Gasteiger partial charge in [-0.05, 0) is 25.0 Å². The highest BCUT2D eigenvalue weighted by atomic mass is 19.4. The van der Waals surface area contributed by atoms with Gasteiger partial charge in [-0.2, -0.15) is 13.2 Å². The average Bonchev–Trinajstić information content (AvgIpc) is 2.48. The maximum atomic E-state index is 13.1. The third kappa shape index (κ3) is 3.78. The molecular weight excluding hydrogens is 297 g/mol. The molecule has 1 saturated heterocycles. The molecule has 1 aromatic rings. The van der Waals surface area contributed by atoms with Crippen LogP contribution in [-0.2, 0) is 9.53 Å². The Hall–Kier alpha value is -1.60. The molecule has 0 spiro atoms. The standard InChI is InChI=1S/C15H19F3N2O2/c1-22-14(15(16,17)18)7-9-20(10-8-14)11-13(21)19-12-5-3-2-4-6-12/h2-6H,7-11H2,1H3,(H,19,21). The van der Waals surface area contributed by atoms with Crippen LogP contribution in [0.25, 0.3) is 0 Å². The van der Waals surface area contributed by atoms with Gasteiger partial charge in [0.05, 0.1) is 6.54 Å². The molecule has 1 fully saturated rings. The number of alkyl halides is 3. The maximum absolute atomic E-state index is 13.1. The lowest BCUT2D eigenvalue weighted by atomic mass is 9.90. The van der Waals surface area contributed by atoms with Crippen LogP contribution in [0.2, 0.25) is 0 Å². The van der Waals surface area contributed by atoms with Crippen LogP contribution in [0.1, 0.15) is 12.8 Å². The second-order valence-corrected chi connectivity index (χ2v) is 5.39. The van der Waals surface area contributed by atoms with Gasteiger partial charge in [-0.3, -0.25) is 9.69 Å². The van der Waals surface area contributed by atoms with E-state index < -0.39 is 11.8 Å². The van der Waals surface area contributed by atoms with E-state index in [4.69, 9.17) is 4.74 Å². The molecule has 7 heteroatoms. The number of likely N-dealkylation sites (tertiary alicyclic amines) is 1. The van der Waals surface area contributed by atoms with E-state index in [1.165, 1.54) is 0 Å². The molecule has 0 aliphatic carbocycles. The highest BCUT2D eigenvalue weighted by Crippen LogP contribution is 2.40. The molecular formula is C15H19F3N2O2. The van der Waals surface area contributed by atoms with E-state index >= 15 is 0 Å². The van der Waals surface area contributed by atoms with Crippen LogP contribution < -0.4 is 5.32 Å². The molecule has 2 rings (SSSR count). The smallest absolute Gasteiger partial charge is 0.369 e. The molecule has 1 N–H and O–H groups in total. The third-order valence-corrected chi connectivity index (χ3v) is 4.00. The highest BCUT2D eigenvalue weighted by molar-refractivity contribution is 5.92. The van der Waals surface area contributed by atoms with Gasteiger partial charge in [-0.15, -0.1) is 0 Å². The van der Waals surface area contributed by atoms with Crippen LogP contribution in [0.4, 0.5) is 18.9 Å². The largest absolute Gasteiger partial charge is 0.417 e. The van der Waals surface area contributed by atoms with E-state index in [1.807, 2.05) is 6.07 Å². The van der Waals surface area contributed by atoms with Crippen molar-refractivity contribution in [2.24, 2.45) is 0 Å². The number of carbonyl (C=O) groups excluding carboxylic acids is 1. The summed E-state index contributed by atoms with van der Waals surface area (Å²) in [7, 11) is 1.09. The van der Waals surface area contributed by atoms with Crippen molar-refractivity contribution >= 4 is 11.6 Å². The highest BCUT2D eigenvalue weighted by Gasteiger charge is 2.56. The normalized spacial score (nSPS) is 18.9. The van der Waals surface area contributed by atoms with E-state index in [0.29, 0.717) is 5.69 Å². The first kappa shape index (κ1) is 16.8. The number of amides is 1. The van der Waals surface area contributed by atoms with Crippen molar-refractivity contribution in [1.82, 2.24) is 4.90 Å². The zero-order chi connectivity index (χ0) is 16.2. The van der Waals surface area contributed by atoms with Crippen LogP contribution >= 0.6 is 0 Å². The van der Waals surface area contributed by atoms with Crippen LogP contribution in [0.15, 0.2) is 30.3 Å². The van der Waals surface area contributed by atoms with Gasteiger partial charge in [0.25, 0.3) is 0 Å². The predicted molar refractivity (Wildman–Crippen MR) is 76.5 cm³/mol. The molecule has 1 amide bonds. The van der Waals surface area contributed by atoms with E-state index in [0.717, 1.165) is 7.11 Å². The number of hydrogen-bond acceptors (Lipinski definition) is 3. The summed E-state index contributed by atoms with van der Waals surface area (Å²) in [4.78, 5) is 13.6. The zero-order valence-corrected chi connectivity index (χ0v) is 12.3. The Bertz CT molecular complexity index is 497. The van der Waals surface area contributed by atoms with Crippen molar-refractivity contribution in [3.8, 4) is 0 Å². The molecule has 4 nitrogen and oxygen atoms in total. The quantitative estimate of drug-likeness (QED) is 0.928. The number of rotatable bonds is 4. The van der Waals surface area contributed by atoms with Crippen molar-refractivity contribution in [3.63, 3.8) is 0 Å². The summed E-state index contributed by atoms with van der Waals surface area (Å²) in [6.45, 7) is 0.428. The number of para-hydroxylation sites is 1. The SMILES string of the molecule is COC1(C(F)(F)F)CCN(CC(=O)Nc2ccccc2)CC1. The van der Waals surface area contributed by atoms with Gasteiger partial charge in [-0.1, -0.05) is 18.2 Å². The number of nitrogens with one attached hydrogen (secondary N) is 1. The second-order valence-electron chi connectivity index (χ2n) is 5.39. The Kier molecular flexibility index (Phi) is 5.08. The van der Waals surface area contributed by atoms with Gasteiger partial charge in [0, 0.05) is 25.9 Å². The van der Waals surface area contributed by atoms with E-state index in [-0.39, 0.29) is 38.4 Å². The molecule has 0 saturated carbocycles. The first-order chi connectivity index (χ1) is 10.4. The van der Waals surface area contributed by atoms with Crippen LogP contribution in [-0.4, -0.2) is 49.3 Å². The molecule has 22 heavy (non-hydrogen) atoms. The molecule has 0 atom stereocenters. The molecule has 1 aromatic carbocycles. The minimum atomic E-state index is -4.39. The molecule has 1 heterocycles. The molecule has 122 valence electrons. The average molecular weight is 316 g/mol. The minimum Gasteiger partial charge on any atom is -0.369 e. The zero-order valence-electron chi connectivity index (χ0n) is 12.3. The van der Waals surface area contributed by atoms with Gasteiger partial charge in [0.2, 0.25) is 5.91 Å². The predicted octanol–water partition coefficient (Wildman–Crippen LogP) is 2.67. The van der Waals surface area contributed by atoms with Crippen molar-refractivity contribution in [3.05, 3.63) is 30.3 Å². The van der Waals surface area contributed by atoms with Crippen molar-refractivity contribution < 1.29 is 22.7 Å². The number of benzene rings is 1. The lowest BCUT2D eigenvalue weighted by molar-refractivity contribution is -0.282. The summed E-state index contributed by atoms with van der Waals surface area (Å²) < 4.78 is 43.9. The third-order valence-electron chi connectivity index (χ3n) is 4.00. The minimum absolute atomic E-state index is 0.0759. The number of halogens is 3. The fourth-order valence-corrected chi connectivity index (χ4v) is 2.60. The second kappa shape index (κ2) is 6.66. The summed E-state index contributed by atoms with van der Waals surface area (Å²) in [5.74, 6) is -0.233. The summed E-state index contributed by atoms with van der Waals surface area (Å²) in [6, 6.07) is 8.95. The van der Waals surface area contributed by atoms with Crippen LogP contribution in [0.3, 0.4) is 0 Å². The molecule has 0 bridgehead atoms. The van der Waals surface area contributed by atoms with Gasteiger partial charge in [0.15, 0.2) is 5.60 Å². The number of piperidine rings is 1. The molecule has 1 aliphatic heterocycles. The van der Waals surface area contributed by atoms with Crippen LogP contribution in [0, 0.1) is 0 Å². The number of ether oxygens (including phenoxy) is 1. The lowest BCUT2D eigenvalue weighted by Crippen LogP contribution is -2.55. The number of methoxy groups -OCH3 is 1. The van der Waals surface area contributed by atoms with Gasteiger partial charge < -0.3 is 10.1 Å². The summed E-state index contributed by atoms with van der Waals surface area (Å²) in [6.07, 6.45) is -4.71. The Morgan fingerprint density at radius 3 is 2.36 bits per heavy atom. The molecule has 0 radical (unpaired) electrons. The lowest BCUT2D eigenvalue weighted by Gasteiger charge is -2.41. The Labute approximate surface area is 127 Å². The molecule has 0 aromatic heterocycles. The fraction of sp³-hybridized carbons (Fsp3) is 0.533. The van der Waals surface area contributed by atoms with Crippen molar-refractivity contribution in [2.75, 3.05) is 32.1 Å². The number of anilines is 1. The van der Waals surface area contributed by atoms with Crippen molar-refractivity contribution in [1.29, 1.82) is 0 Å². The number of nitrogens with zero attached hydrogens (tertiary/aromatic N) is 1. The molecule has 0 unspecified atom stereocenters. The molecule has 1 aliphatic rings. The number of carbonyl (C=O) groups is 1. The summed E-state index contributed by atoms with van der Waals surface area (Å²) in [5.41, 5.74) is -1.41. The maximum Gasteiger partial charge on any atom is 0.417 e. The van der Waals surface area contributed by atoms with Crippen LogP contribution in [0.5, 0.6) is 0 Å². The monoisotopic (exact) mass is 316 g/mol. The van der Waals surface area contributed by atoms with Gasteiger partial charge in [0.1, 0.15) is 0 Å². The first-order valence-electron chi connectivity index (χ1n) is 7.05.